The fraction of sp³-hybridized carbons (Fsp3) is 0.0833. The Kier molecular flexibility index (Phi) is 5.05. The molecule has 1 nitrogen and oxygen atoms in total. The summed E-state index contributed by atoms with van der Waals surface area (Å²) in [7, 11) is 0. The van der Waals surface area contributed by atoms with Gasteiger partial charge in [0.2, 0.25) is 5.95 Å². The van der Waals surface area contributed by atoms with Crippen LogP contribution in [0, 0.1) is 5.95 Å². The molecule has 0 unspecified atom stereocenters. The summed E-state index contributed by atoms with van der Waals surface area (Å²) in [5, 5.41) is -1.44. The lowest BCUT2D eigenvalue weighted by molar-refractivity contribution is -0.141. The molecule has 10 heteroatoms. The Bertz CT molecular complexity index is 731. The lowest BCUT2D eigenvalue weighted by atomic mass is 10.0. The lowest BCUT2D eigenvalue weighted by Gasteiger charge is -2.16. The molecule has 118 valence electrons. The standard InChI is InChI=1S/C12H2Cl5F4N/c13-6-5(7(14)9(16)10(17)8(6)15)3-1-2-4(18)22-11(3)12(19,20)21/h1-2H. The topological polar surface area (TPSA) is 12.9 Å². The Labute approximate surface area is 146 Å². The van der Waals surface area contributed by atoms with Gasteiger partial charge in [-0.3, -0.25) is 0 Å². The van der Waals surface area contributed by atoms with Gasteiger partial charge in [0.1, 0.15) is 0 Å². The van der Waals surface area contributed by atoms with Crippen molar-refractivity contribution in [3.63, 3.8) is 0 Å². The molecule has 1 aromatic heterocycles. The van der Waals surface area contributed by atoms with Crippen LogP contribution in [0.1, 0.15) is 5.69 Å². The maximum absolute atomic E-state index is 13.1. The Morgan fingerprint density at radius 3 is 1.68 bits per heavy atom. The molecule has 0 bridgehead atoms. The van der Waals surface area contributed by atoms with Crippen LogP contribution < -0.4 is 0 Å². The van der Waals surface area contributed by atoms with E-state index in [1.165, 1.54) is 0 Å². The molecule has 0 N–H and O–H groups in total. The molecule has 0 radical (unpaired) electrons. The summed E-state index contributed by atoms with van der Waals surface area (Å²) < 4.78 is 52.2. The Morgan fingerprint density at radius 2 is 1.23 bits per heavy atom. The van der Waals surface area contributed by atoms with Crippen LogP contribution >= 0.6 is 58.0 Å². The third kappa shape index (κ3) is 3.10. The van der Waals surface area contributed by atoms with Crippen molar-refractivity contribution in [3.05, 3.63) is 48.9 Å². The molecule has 22 heavy (non-hydrogen) atoms. The van der Waals surface area contributed by atoms with E-state index in [9.17, 15) is 17.6 Å². The first-order chi connectivity index (χ1) is 10.1. The minimum Gasteiger partial charge on any atom is -0.215 e. The number of pyridine rings is 1. The normalized spacial score (nSPS) is 11.9. The van der Waals surface area contributed by atoms with Crippen LogP contribution in [-0.2, 0) is 6.18 Å². The van der Waals surface area contributed by atoms with Crippen LogP contribution in [0.2, 0.25) is 25.1 Å². The van der Waals surface area contributed by atoms with Crippen molar-refractivity contribution in [1.29, 1.82) is 0 Å². The number of aromatic nitrogens is 1. The molecule has 0 atom stereocenters. The summed E-state index contributed by atoms with van der Waals surface area (Å²) in [6, 6.07) is 1.56. The predicted molar refractivity (Wildman–Crippen MR) is 79.7 cm³/mol. The molecule has 0 aliphatic heterocycles. The van der Waals surface area contributed by atoms with E-state index in [-0.39, 0.29) is 30.7 Å². The van der Waals surface area contributed by atoms with Gasteiger partial charge in [-0.25, -0.2) is 4.98 Å². The van der Waals surface area contributed by atoms with E-state index >= 15 is 0 Å². The monoisotopic (exact) mass is 411 g/mol. The van der Waals surface area contributed by atoms with Crippen LogP contribution in [0.5, 0.6) is 0 Å². The molecule has 0 spiro atoms. The third-order valence-corrected chi connectivity index (χ3v) is 4.89. The summed E-state index contributed by atoms with van der Waals surface area (Å²) in [6.07, 6.45) is -4.94. The van der Waals surface area contributed by atoms with Gasteiger partial charge in [-0.1, -0.05) is 58.0 Å². The lowest BCUT2D eigenvalue weighted by Crippen LogP contribution is -2.11. The van der Waals surface area contributed by atoms with Crippen LogP contribution in [-0.4, -0.2) is 4.98 Å². The van der Waals surface area contributed by atoms with Crippen LogP contribution in [0.15, 0.2) is 12.1 Å². The minimum absolute atomic E-state index is 0.203. The zero-order chi connectivity index (χ0) is 16.8. The van der Waals surface area contributed by atoms with Crippen molar-refractivity contribution in [2.24, 2.45) is 0 Å². The van der Waals surface area contributed by atoms with Gasteiger partial charge < -0.3 is 0 Å². The average molecular weight is 413 g/mol. The molecular weight excluding hydrogens is 411 g/mol. The van der Waals surface area contributed by atoms with Crippen molar-refractivity contribution in [3.8, 4) is 11.1 Å². The Balaban J connectivity index is 2.90. The van der Waals surface area contributed by atoms with E-state index in [0.29, 0.717) is 0 Å². The molecule has 1 heterocycles. The van der Waals surface area contributed by atoms with Gasteiger partial charge in [0.15, 0.2) is 5.69 Å². The Morgan fingerprint density at radius 1 is 0.773 bits per heavy atom. The molecule has 0 saturated carbocycles. The van der Waals surface area contributed by atoms with Crippen molar-refractivity contribution in [1.82, 2.24) is 4.98 Å². The van der Waals surface area contributed by atoms with Gasteiger partial charge in [-0.05, 0) is 12.1 Å². The second-order valence-electron chi connectivity index (χ2n) is 3.97. The smallest absolute Gasteiger partial charge is 0.215 e. The second kappa shape index (κ2) is 6.21. The van der Waals surface area contributed by atoms with E-state index in [2.05, 4.69) is 4.98 Å². The molecule has 0 aliphatic rings. The van der Waals surface area contributed by atoms with Gasteiger partial charge in [0.05, 0.1) is 25.1 Å². The molecule has 0 fully saturated rings. The summed E-state index contributed by atoms with van der Waals surface area (Å²) in [5.74, 6) is -1.31. The molecule has 0 saturated heterocycles. The fourth-order valence-corrected chi connectivity index (χ4v) is 3.04. The van der Waals surface area contributed by atoms with Crippen LogP contribution in [0.25, 0.3) is 11.1 Å². The van der Waals surface area contributed by atoms with Gasteiger partial charge in [-0.2, -0.15) is 17.6 Å². The first-order valence-electron chi connectivity index (χ1n) is 5.31. The molecule has 0 amide bonds. The summed E-state index contributed by atoms with van der Waals surface area (Å²) >= 11 is 29.3. The number of hydrogen-bond acceptors (Lipinski definition) is 1. The Hall–Kier alpha value is -0.460. The predicted octanol–water partition coefficient (Wildman–Crippen LogP) is 7.17. The zero-order valence-electron chi connectivity index (χ0n) is 10.0. The first kappa shape index (κ1) is 17.9. The van der Waals surface area contributed by atoms with E-state index in [4.69, 9.17) is 58.0 Å². The highest BCUT2D eigenvalue weighted by atomic mass is 35.5. The van der Waals surface area contributed by atoms with E-state index in [0.717, 1.165) is 12.1 Å². The maximum Gasteiger partial charge on any atom is 0.434 e. The van der Waals surface area contributed by atoms with E-state index < -0.39 is 23.4 Å². The summed E-state index contributed by atoms with van der Waals surface area (Å²) in [4.78, 5) is 2.86. The molecule has 0 aliphatic carbocycles. The molecule has 1 aromatic carbocycles. The summed E-state index contributed by atoms with van der Waals surface area (Å²) in [5.41, 5.74) is -2.40. The number of alkyl halides is 3. The number of hydrogen-bond donors (Lipinski definition) is 0. The summed E-state index contributed by atoms with van der Waals surface area (Å²) in [6.45, 7) is 0. The quantitative estimate of drug-likeness (QED) is 0.209. The second-order valence-corrected chi connectivity index (χ2v) is 5.86. The highest BCUT2D eigenvalue weighted by Crippen LogP contribution is 2.50. The minimum atomic E-state index is -4.94. The third-order valence-electron chi connectivity index (χ3n) is 2.61. The highest BCUT2D eigenvalue weighted by molar-refractivity contribution is 6.56. The van der Waals surface area contributed by atoms with Crippen molar-refractivity contribution < 1.29 is 17.6 Å². The van der Waals surface area contributed by atoms with Crippen molar-refractivity contribution in [2.75, 3.05) is 0 Å². The van der Waals surface area contributed by atoms with Crippen molar-refractivity contribution >= 4 is 58.0 Å². The number of rotatable bonds is 1. The molecular formula is C12H2Cl5F4N. The van der Waals surface area contributed by atoms with E-state index in [1.807, 2.05) is 0 Å². The largest absolute Gasteiger partial charge is 0.434 e. The van der Waals surface area contributed by atoms with Gasteiger partial charge in [0, 0.05) is 11.1 Å². The molecule has 2 aromatic rings. The number of nitrogens with zero attached hydrogens (tertiary/aromatic N) is 1. The zero-order valence-corrected chi connectivity index (χ0v) is 13.8. The van der Waals surface area contributed by atoms with Gasteiger partial charge >= 0.3 is 6.18 Å². The average Bonchev–Trinajstić information content (AvgIpc) is 2.43. The first-order valence-corrected chi connectivity index (χ1v) is 7.20. The van der Waals surface area contributed by atoms with Crippen molar-refractivity contribution in [2.45, 2.75) is 6.18 Å². The molecule has 2 rings (SSSR count). The van der Waals surface area contributed by atoms with Crippen LogP contribution in [0.3, 0.4) is 0 Å². The van der Waals surface area contributed by atoms with Gasteiger partial charge in [0.25, 0.3) is 0 Å². The fourth-order valence-electron chi connectivity index (χ4n) is 1.69. The van der Waals surface area contributed by atoms with Gasteiger partial charge in [-0.15, -0.1) is 0 Å². The SMILES string of the molecule is Fc1ccc(-c2c(Cl)c(Cl)c(Cl)c(Cl)c2Cl)c(C(F)(F)F)n1. The van der Waals surface area contributed by atoms with Crippen LogP contribution in [0.4, 0.5) is 17.6 Å². The number of benzene rings is 1. The highest BCUT2D eigenvalue weighted by Gasteiger charge is 2.38. The van der Waals surface area contributed by atoms with E-state index in [1.54, 1.807) is 0 Å². The number of halogens is 9. The maximum atomic E-state index is 13.1.